The van der Waals surface area contributed by atoms with Gasteiger partial charge < -0.3 is 5.32 Å². The molecule has 0 spiro atoms. The van der Waals surface area contributed by atoms with Gasteiger partial charge in [0.1, 0.15) is 0 Å². The molecule has 0 amide bonds. The van der Waals surface area contributed by atoms with Gasteiger partial charge >= 0.3 is 0 Å². The molecule has 50 valence electrons. The highest BCUT2D eigenvalue weighted by Crippen LogP contribution is 1.75. The van der Waals surface area contributed by atoms with Gasteiger partial charge in [0.15, 0.2) is 0 Å². The molecule has 0 aliphatic carbocycles. The minimum atomic E-state index is 0.918. The second kappa shape index (κ2) is 5.74. The minimum Gasteiger partial charge on any atom is -0.307 e. The van der Waals surface area contributed by atoms with Gasteiger partial charge in [-0.2, -0.15) is 0 Å². The lowest BCUT2D eigenvalue weighted by Crippen LogP contribution is -2.33. The van der Waals surface area contributed by atoms with Crippen LogP contribution in [-0.2, 0) is 0 Å². The van der Waals surface area contributed by atoms with Crippen molar-refractivity contribution >= 4 is 22.9 Å². The van der Waals surface area contributed by atoms with Crippen molar-refractivity contribution in [3.63, 3.8) is 0 Å². The SMILES string of the molecule is CNCN(C)CNI. The van der Waals surface area contributed by atoms with Crippen molar-refractivity contribution in [3.05, 3.63) is 0 Å². The van der Waals surface area contributed by atoms with E-state index < -0.39 is 0 Å². The first kappa shape index (κ1) is 8.61. The lowest BCUT2D eigenvalue weighted by molar-refractivity contribution is 0.320. The van der Waals surface area contributed by atoms with E-state index in [2.05, 4.69) is 36.6 Å². The van der Waals surface area contributed by atoms with Crippen LogP contribution in [0.1, 0.15) is 0 Å². The summed E-state index contributed by atoms with van der Waals surface area (Å²) in [5, 5.41) is 3.03. The van der Waals surface area contributed by atoms with Crippen LogP contribution in [0.15, 0.2) is 0 Å². The maximum absolute atomic E-state index is 3.03. The Labute approximate surface area is 64.3 Å². The number of halogens is 1. The zero-order valence-electron chi connectivity index (χ0n) is 5.24. The van der Waals surface area contributed by atoms with E-state index in [1.54, 1.807) is 0 Å². The van der Waals surface area contributed by atoms with Crippen LogP contribution in [0.25, 0.3) is 0 Å². The highest BCUT2D eigenvalue weighted by atomic mass is 127. The second-order valence-corrected chi connectivity index (χ2v) is 2.42. The van der Waals surface area contributed by atoms with E-state index in [1.807, 2.05) is 14.1 Å². The van der Waals surface area contributed by atoms with Crippen molar-refractivity contribution < 1.29 is 0 Å². The number of hydrogen-bond acceptors (Lipinski definition) is 3. The quantitative estimate of drug-likeness (QED) is 0.403. The molecule has 4 heteroatoms. The third-order valence-electron chi connectivity index (χ3n) is 0.758. The molecule has 0 aromatic carbocycles. The Bertz CT molecular complexity index is 44.5. The predicted octanol–water partition coefficient (Wildman–Crippen LogP) is -0.00780. The average Bonchev–Trinajstić information content (AvgIpc) is 1.68. The van der Waals surface area contributed by atoms with Crippen LogP contribution in [0.2, 0.25) is 0 Å². The minimum absolute atomic E-state index is 0.918. The summed E-state index contributed by atoms with van der Waals surface area (Å²) in [6.07, 6.45) is 0. The van der Waals surface area contributed by atoms with E-state index in [4.69, 9.17) is 0 Å². The Morgan fingerprint density at radius 2 is 2.12 bits per heavy atom. The van der Waals surface area contributed by atoms with Crippen LogP contribution in [0, 0.1) is 0 Å². The molecule has 0 heterocycles. The van der Waals surface area contributed by atoms with Crippen LogP contribution in [0.3, 0.4) is 0 Å². The Hall–Kier alpha value is 0.610. The maximum Gasteiger partial charge on any atom is 0.0578 e. The first-order valence-electron chi connectivity index (χ1n) is 2.48. The van der Waals surface area contributed by atoms with Gasteiger partial charge in [0.05, 0.1) is 6.67 Å². The number of rotatable bonds is 4. The molecule has 0 fully saturated rings. The van der Waals surface area contributed by atoms with E-state index in [0.29, 0.717) is 0 Å². The summed E-state index contributed by atoms with van der Waals surface area (Å²) in [6, 6.07) is 0. The Morgan fingerprint density at radius 1 is 1.50 bits per heavy atom. The summed E-state index contributed by atoms with van der Waals surface area (Å²) in [5.74, 6) is 0. The van der Waals surface area contributed by atoms with Crippen molar-refractivity contribution in [3.8, 4) is 0 Å². The summed E-state index contributed by atoms with van der Waals surface area (Å²) < 4.78 is 3.01. The third-order valence-corrected chi connectivity index (χ3v) is 1.10. The van der Waals surface area contributed by atoms with E-state index >= 15 is 0 Å². The Morgan fingerprint density at radius 3 is 2.50 bits per heavy atom. The molecule has 0 atom stereocenters. The van der Waals surface area contributed by atoms with E-state index in [0.717, 1.165) is 13.3 Å². The molecule has 0 radical (unpaired) electrons. The van der Waals surface area contributed by atoms with Crippen LogP contribution in [-0.4, -0.2) is 32.3 Å². The summed E-state index contributed by atoms with van der Waals surface area (Å²) in [5.41, 5.74) is 0. The first-order chi connectivity index (χ1) is 3.81. The summed E-state index contributed by atoms with van der Waals surface area (Å²) >= 11 is 2.12. The van der Waals surface area contributed by atoms with E-state index in [-0.39, 0.29) is 0 Å². The molecule has 3 nitrogen and oxygen atoms in total. The van der Waals surface area contributed by atoms with Gasteiger partial charge in [0, 0.05) is 29.5 Å². The predicted molar refractivity (Wildman–Crippen MR) is 43.7 cm³/mol. The largest absolute Gasteiger partial charge is 0.307 e. The van der Waals surface area contributed by atoms with Crippen LogP contribution >= 0.6 is 22.9 Å². The zero-order chi connectivity index (χ0) is 6.41. The molecule has 0 rings (SSSR count). The first-order valence-corrected chi connectivity index (χ1v) is 3.55. The van der Waals surface area contributed by atoms with Gasteiger partial charge in [-0.15, -0.1) is 0 Å². The third kappa shape index (κ3) is 4.76. The average molecular weight is 229 g/mol. The van der Waals surface area contributed by atoms with Gasteiger partial charge in [-0.3, -0.25) is 4.90 Å². The standard InChI is InChI=1S/C4H12IN3/c1-6-3-8(2)4-7-5/h6-7H,3-4H2,1-2H3. The van der Waals surface area contributed by atoms with Gasteiger partial charge in [-0.1, -0.05) is 0 Å². The monoisotopic (exact) mass is 229 g/mol. The van der Waals surface area contributed by atoms with E-state index in [9.17, 15) is 0 Å². The van der Waals surface area contributed by atoms with Crippen molar-refractivity contribution in [1.29, 1.82) is 0 Å². The molecule has 2 N–H and O–H groups in total. The van der Waals surface area contributed by atoms with Crippen LogP contribution in [0.4, 0.5) is 0 Å². The van der Waals surface area contributed by atoms with Gasteiger partial charge in [-0.05, 0) is 14.1 Å². The molecule has 0 aliphatic heterocycles. The van der Waals surface area contributed by atoms with Crippen molar-refractivity contribution in [2.75, 3.05) is 27.4 Å². The highest BCUT2D eigenvalue weighted by molar-refractivity contribution is 14.1. The van der Waals surface area contributed by atoms with Crippen LogP contribution < -0.4 is 8.85 Å². The summed E-state index contributed by atoms with van der Waals surface area (Å²) in [4.78, 5) is 2.13. The second-order valence-electron chi connectivity index (χ2n) is 1.66. The van der Waals surface area contributed by atoms with Gasteiger partial charge in [0.25, 0.3) is 0 Å². The molecule has 0 saturated heterocycles. The number of nitrogens with one attached hydrogen (secondary N) is 2. The molecule has 0 aromatic rings. The maximum atomic E-state index is 3.03. The van der Waals surface area contributed by atoms with Crippen LogP contribution in [0.5, 0.6) is 0 Å². The van der Waals surface area contributed by atoms with Crippen molar-refractivity contribution in [2.45, 2.75) is 0 Å². The highest BCUT2D eigenvalue weighted by Gasteiger charge is 1.89. The topological polar surface area (TPSA) is 27.3 Å². The Balaban J connectivity index is 2.92. The van der Waals surface area contributed by atoms with Crippen molar-refractivity contribution in [1.82, 2.24) is 13.7 Å². The Kier molecular flexibility index (Phi) is 6.18. The number of nitrogens with zero attached hydrogens (tertiary/aromatic N) is 1. The lowest BCUT2D eigenvalue weighted by Gasteiger charge is -2.13. The molecule has 0 bridgehead atoms. The summed E-state index contributed by atoms with van der Waals surface area (Å²) in [7, 11) is 3.98. The fourth-order valence-corrected chi connectivity index (χ4v) is 1.01. The molecule has 8 heavy (non-hydrogen) atoms. The molecule has 0 aromatic heterocycles. The van der Waals surface area contributed by atoms with Gasteiger partial charge in [0.2, 0.25) is 0 Å². The fourth-order valence-electron chi connectivity index (χ4n) is 0.428. The molecule has 0 aliphatic rings. The zero-order valence-corrected chi connectivity index (χ0v) is 7.40. The molecule has 0 unspecified atom stereocenters. The van der Waals surface area contributed by atoms with Gasteiger partial charge in [-0.25, -0.2) is 3.53 Å². The molecular formula is C4H12IN3. The van der Waals surface area contributed by atoms with E-state index in [1.165, 1.54) is 0 Å². The smallest absolute Gasteiger partial charge is 0.0578 e. The summed E-state index contributed by atoms with van der Waals surface area (Å²) in [6.45, 7) is 1.84. The fraction of sp³-hybridized carbons (Fsp3) is 1.00. The normalized spacial score (nSPS) is 10.5. The number of hydrogen-bond donors (Lipinski definition) is 2. The lowest BCUT2D eigenvalue weighted by atomic mass is 10.8. The van der Waals surface area contributed by atoms with Crippen molar-refractivity contribution in [2.24, 2.45) is 0 Å². The molecule has 0 saturated carbocycles. The molecular weight excluding hydrogens is 217 g/mol.